The van der Waals surface area contributed by atoms with E-state index in [1.54, 1.807) is 12.1 Å². The topological polar surface area (TPSA) is 41.5 Å². The van der Waals surface area contributed by atoms with Gasteiger partial charge in [-0.3, -0.25) is 0 Å². The Hall–Kier alpha value is -1.69. The molecule has 0 bridgehead atoms. The molecule has 0 saturated heterocycles. The van der Waals surface area contributed by atoms with E-state index in [2.05, 4.69) is 11.9 Å². The van der Waals surface area contributed by atoms with E-state index in [0.717, 1.165) is 0 Å². The van der Waals surface area contributed by atoms with Crippen LogP contribution in [0.5, 0.6) is 5.75 Å². The number of hydrogen-bond acceptors (Lipinski definition) is 3. The van der Waals surface area contributed by atoms with Gasteiger partial charge < -0.3 is 15.2 Å². The predicted molar refractivity (Wildman–Crippen MR) is 71.8 cm³/mol. The molecule has 2 N–H and O–H groups in total. The highest BCUT2D eigenvalue weighted by Gasteiger charge is 2.44. The molecule has 0 saturated carbocycles. The molecule has 0 unspecified atom stereocenters. The van der Waals surface area contributed by atoms with Gasteiger partial charge in [0.2, 0.25) is 0 Å². The first kappa shape index (κ1) is 16.4. The van der Waals surface area contributed by atoms with Crippen molar-refractivity contribution in [2.45, 2.75) is 18.6 Å². The van der Waals surface area contributed by atoms with E-state index in [-0.39, 0.29) is 6.42 Å². The average Bonchev–Trinajstić information content (AvgIpc) is 2.42. The molecule has 0 heterocycles. The number of aliphatic hydroxyl groups is 1. The monoisotopic (exact) mass is 289 g/mol. The fraction of sp³-hybridized carbons (Fsp3) is 0.429. The second-order valence-corrected chi connectivity index (χ2v) is 4.36. The molecule has 1 aromatic rings. The van der Waals surface area contributed by atoms with Crippen molar-refractivity contribution in [3.8, 4) is 5.75 Å². The van der Waals surface area contributed by atoms with Crippen molar-refractivity contribution in [2.24, 2.45) is 5.92 Å². The first-order chi connectivity index (χ1) is 9.42. The summed E-state index contributed by atoms with van der Waals surface area (Å²) in [6.07, 6.45) is -3.02. The van der Waals surface area contributed by atoms with Crippen molar-refractivity contribution in [3.05, 3.63) is 36.9 Å². The van der Waals surface area contributed by atoms with Gasteiger partial charge in [-0.25, -0.2) is 0 Å². The summed E-state index contributed by atoms with van der Waals surface area (Å²) < 4.78 is 44.2. The maximum absolute atomic E-state index is 13.1. The van der Waals surface area contributed by atoms with E-state index in [1.165, 1.54) is 25.3 Å². The molecule has 0 spiro atoms. The van der Waals surface area contributed by atoms with Gasteiger partial charge in [0.1, 0.15) is 11.8 Å². The lowest BCUT2D eigenvalue weighted by molar-refractivity contribution is -0.156. The fourth-order valence-corrected chi connectivity index (χ4v) is 1.86. The Balaban J connectivity index is 2.90. The number of methoxy groups -OCH3 is 1. The van der Waals surface area contributed by atoms with E-state index >= 15 is 0 Å². The molecule has 0 aliphatic heterocycles. The van der Waals surface area contributed by atoms with Crippen LogP contribution < -0.4 is 10.1 Å². The van der Waals surface area contributed by atoms with Crippen molar-refractivity contribution < 1.29 is 23.0 Å². The number of benzene rings is 1. The Kier molecular flexibility index (Phi) is 5.88. The molecule has 3 nitrogen and oxygen atoms in total. The second-order valence-electron chi connectivity index (χ2n) is 4.36. The lowest BCUT2D eigenvalue weighted by atomic mass is 9.96. The zero-order chi connectivity index (χ0) is 15.2. The van der Waals surface area contributed by atoms with Crippen LogP contribution in [-0.4, -0.2) is 31.0 Å². The van der Waals surface area contributed by atoms with Crippen molar-refractivity contribution in [1.29, 1.82) is 0 Å². The Morgan fingerprint density at radius 1 is 1.35 bits per heavy atom. The van der Waals surface area contributed by atoms with Crippen LogP contribution in [0.15, 0.2) is 36.9 Å². The Labute approximate surface area is 116 Å². The third-order valence-electron chi connectivity index (χ3n) is 2.94. The summed E-state index contributed by atoms with van der Waals surface area (Å²) in [6.45, 7) is 2.85. The second kappa shape index (κ2) is 7.19. The number of ether oxygens (including phenoxy) is 1. The van der Waals surface area contributed by atoms with E-state index in [0.29, 0.717) is 11.4 Å². The van der Waals surface area contributed by atoms with Gasteiger partial charge in [-0.2, -0.15) is 13.2 Å². The van der Waals surface area contributed by atoms with Crippen LogP contribution in [-0.2, 0) is 0 Å². The van der Waals surface area contributed by atoms with E-state index in [1.807, 2.05) is 0 Å². The predicted octanol–water partition coefficient (Wildman–Crippen LogP) is 3.22. The SMILES string of the molecule is C=CC[C@@H](CO)[C@H](Nc1ccc(OC)cc1)C(F)(F)F. The fourth-order valence-electron chi connectivity index (χ4n) is 1.86. The quantitative estimate of drug-likeness (QED) is 0.757. The number of alkyl halides is 3. The van der Waals surface area contributed by atoms with Crippen molar-refractivity contribution in [2.75, 3.05) is 19.0 Å². The van der Waals surface area contributed by atoms with E-state index in [9.17, 15) is 13.2 Å². The zero-order valence-corrected chi connectivity index (χ0v) is 11.2. The number of hydrogen-bond donors (Lipinski definition) is 2. The summed E-state index contributed by atoms with van der Waals surface area (Å²) in [4.78, 5) is 0. The standard InChI is InChI=1S/C14H18F3NO2/c1-3-4-10(9-19)13(14(15,16)17)18-11-5-7-12(20-2)8-6-11/h3,5-8,10,13,18-19H,1,4,9H2,2H3/t10-,13-/m0/s1. The first-order valence-electron chi connectivity index (χ1n) is 6.11. The van der Waals surface area contributed by atoms with Gasteiger partial charge >= 0.3 is 6.18 Å². The maximum Gasteiger partial charge on any atom is 0.408 e. The molecular formula is C14H18F3NO2. The van der Waals surface area contributed by atoms with Crippen molar-refractivity contribution >= 4 is 5.69 Å². The van der Waals surface area contributed by atoms with Crippen LogP contribution in [0.3, 0.4) is 0 Å². The van der Waals surface area contributed by atoms with Gasteiger partial charge in [0.05, 0.1) is 7.11 Å². The van der Waals surface area contributed by atoms with Crippen LogP contribution in [0, 0.1) is 5.92 Å². The molecule has 20 heavy (non-hydrogen) atoms. The number of allylic oxidation sites excluding steroid dienone is 1. The molecule has 112 valence electrons. The van der Waals surface area contributed by atoms with E-state index < -0.39 is 24.7 Å². The Bertz CT molecular complexity index is 417. The summed E-state index contributed by atoms with van der Waals surface area (Å²) in [7, 11) is 1.48. The summed E-state index contributed by atoms with van der Waals surface area (Å²) in [5.74, 6) is -0.418. The van der Waals surface area contributed by atoms with Crippen molar-refractivity contribution in [1.82, 2.24) is 0 Å². The number of aliphatic hydroxyl groups excluding tert-OH is 1. The van der Waals surface area contributed by atoms with Gasteiger partial charge in [0, 0.05) is 18.2 Å². The highest BCUT2D eigenvalue weighted by atomic mass is 19.4. The number of halogens is 3. The van der Waals surface area contributed by atoms with Gasteiger partial charge in [0.25, 0.3) is 0 Å². The van der Waals surface area contributed by atoms with Crippen molar-refractivity contribution in [3.63, 3.8) is 0 Å². The van der Waals surface area contributed by atoms with Crippen LogP contribution >= 0.6 is 0 Å². The molecule has 0 aliphatic carbocycles. The summed E-state index contributed by atoms with van der Waals surface area (Å²) in [6, 6.07) is 4.30. The molecule has 0 amide bonds. The molecular weight excluding hydrogens is 271 g/mol. The Morgan fingerprint density at radius 3 is 2.35 bits per heavy atom. The minimum Gasteiger partial charge on any atom is -0.497 e. The van der Waals surface area contributed by atoms with Crippen LogP contribution in [0.4, 0.5) is 18.9 Å². The normalized spacial score (nSPS) is 14.4. The first-order valence-corrected chi connectivity index (χ1v) is 6.11. The molecule has 0 fully saturated rings. The lowest BCUT2D eigenvalue weighted by Crippen LogP contribution is -2.43. The van der Waals surface area contributed by atoms with Crippen LogP contribution in [0.1, 0.15) is 6.42 Å². The molecule has 1 aromatic carbocycles. The summed E-state index contributed by atoms with van der Waals surface area (Å²) in [5, 5.41) is 11.6. The number of nitrogens with one attached hydrogen (secondary N) is 1. The minimum absolute atomic E-state index is 0.0732. The molecule has 6 heteroatoms. The minimum atomic E-state index is -4.46. The third kappa shape index (κ3) is 4.45. The highest BCUT2D eigenvalue weighted by molar-refractivity contribution is 5.47. The lowest BCUT2D eigenvalue weighted by Gasteiger charge is -2.29. The van der Waals surface area contributed by atoms with E-state index in [4.69, 9.17) is 9.84 Å². The maximum atomic E-state index is 13.1. The molecule has 1 rings (SSSR count). The molecule has 0 aliphatic rings. The largest absolute Gasteiger partial charge is 0.497 e. The van der Waals surface area contributed by atoms with Gasteiger partial charge in [0.15, 0.2) is 0 Å². The smallest absolute Gasteiger partial charge is 0.408 e. The number of rotatable bonds is 7. The number of anilines is 1. The Morgan fingerprint density at radius 2 is 1.95 bits per heavy atom. The summed E-state index contributed by atoms with van der Waals surface area (Å²) >= 11 is 0. The zero-order valence-electron chi connectivity index (χ0n) is 11.2. The summed E-state index contributed by atoms with van der Waals surface area (Å²) in [5.41, 5.74) is 0.315. The van der Waals surface area contributed by atoms with Gasteiger partial charge in [-0.1, -0.05) is 6.08 Å². The molecule has 2 atom stereocenters. The third-order valence-corrected chi connectivity index (χ3v) is 2.94. The molecule has 0 radical (unpaired) electrons. The average molecular weight is 289 g/mol. The molecule has 0 aromatic heterocycles. The highest BCUT2D eigenvalue weighted by Crippen LogP contribution is 2.31. The van der Waals surface area contributed by atoms with Crippen LogP contribution in [0.25, 0.3) is 0 Å². The van der Waals surface area contributed by atoms with Gasteiger partial charge in [-0.05, 0) is 30.7 Å². The van der Waals surface area contributed by atoms with Gasteiger partial charge in [-0.15, -0.1) is 6.58 Å². The van der Waals surface area contributed by atoms with Crippen LogP contribution in [0.2, 0.25) is 0 Å².